The number of hydrogen-bond donors (Lipinski definition) is 1. The van der Waals surface area contributed by atoms with Gasteiger partial charge >= 0.3 is 0 Å². The number of aryl methyl sites for hydroxylation is 1. The van der Waals surface area contributed by atoms with Crippen LogP contribution in [0.3, 0.4) is 0 Å². The molecule has 0 radical (unpaired) electrons. The molecule has 27 heavy (non-hydrogen) atoms. The molecule has 1 aromatic heterocycles. The Bertz CT molecular complexity index is 926. The van der Waals surface area contributed by atoms with Crippen molar-refractivity contribution in [3.05, 3.63) is 58.4 Å². The normalized spacial score (nSPS) is 10.6. The van der Waals surface area contributed by atoms with Crippen molar-refractivity contribution in [3.8, 4) is 17.1 Å². The zero-order valence-corrected chi connectivity index (χ0v) is 16.0. The first-order valence-corrected chi connectivity index (χ1v) is 9.02. The Morgan fingerprint density at radius 1 is 1.19 bits per heavy atom. The second kappa shape index (κ2) is 8.88. The first kappa shape index (κ1) is 19.2. The van der Waals surface area contributed by atoms with E-state index in [2.05, 4.69) is 15.5 Å². The van der Waals surface area contributed by atoms with Gasteiger partial charge in [-0.2, -0.15) is 4.98 Å². The second-order valence-corrected chi connectivity index (χ2v) is 6.61. The number of carbonyl (C=O) groups is 1. The van der Waals surface area contributed by atoms with Crippen molar-refractivity contribution in [1.29, 1.82) is 0 Å². The standard InChI is InChI=1S/C19H17Cl2N3O3/c1-26-14-8-5-12(6-9-14)19-23-18(27-24-19)4-2-3-17(25)22-16-10-7-13(20)11-15(16)21/h5-11H,2-4H2,1H3,(H,22,25). The number of rotatable bonds is 7. The molecule has 3 aromatic rings. The van der Waals surface area contributed by atoms with Crippen LogP contribution in [0.25, 0.3) is 11.4 Å². The Morgan fingerprint density at radius 2 is 1.96 bits per heavy atom. The van der Waals surface area contributed by atoms with E-state index < -0.39 is 0 Å². The summed E-state index contributed by atoms with van der Waals surface area (Å²) in [6.07, 6.45) is 1.38. The third-order valence-electron chi connectivity index (χ3n) is 3.82. The summed E-state index contributed by atoms with van der Waals surface area (Å²) in [6.45, 7) is 0. The number of benzene rings is 2. The molecular formula is C19H17Cl2N3O3. The first-order valence-electron chi connectivity index (χ1n) is 8.27. The third kappa shape index (κ3) is 5.21. The molecule has 0 aliphatic heterocycles. The molecular weight excluding hydrogens is 389 g/mol. The van der Waals surface area contributed by atoms with Crippen LogP contribution in [0.1, 0.15) is 18.7 Å². The maximum absolute atomic E-state index is 12.0. The minimum Gasteiger partial charge on any atom is -0.497 e. The van der Waals surface area contributed by atoms with Gasteiger partial charge in [-0.3, -0.25) is 4.79 Å². The molecule has 1 N–H and O–H groups in total. The van der Waals surface area contributed by atoms with Crippen LogP contribution < -0.4 is 10.1 Å². The van der Waals surface area contributed by atoms with Crippen LogP contribution in [0, 0.1) is 0 Å². The smallest absolute Gasteiger partial charge is 0.226 e. The van der Waals surface area contributed by atoms with E-state index in [4.69, 9.17) is 32.5 Å². The van der Waals surface area contributed by atoms with Gasteiger partial charge in [-0.15, -0.1) is 0 Å². The number of ether oxygens (including phenoxy) is 1. The van der Waals surface area contributed by atoms with Gasteiger partial charge in [0.1, 0.15) is 5.75 Å². The monoisotopic (exact) mass is 405 g/mol. The number of nitrogens with zero attached hydrogens (tertiary/aromatic N) is 2. The van der Waals surface area contributed by atoms with Gasteiger partial charge in [0.05, 0.1) is 17.8 Å². The van der Waals surface area contributed by atoms with Gasteiger partial charge in [-0.05, 0) is 48.9 Å². The summed E-state index contributed by atoms with van der Waals surface area (Å²) in [4.78, 5) is 16.4. The predicted octanol–water partition coefficient (Wildman–Crippen LogP) is 5.01. The molecule has 2 aromatic carbocycles. The number of carbonyl (C=O) groups excluding carboxylic acids is 1. The molecule has 0 bridgehead atoms. The van der Waals surface area contributed by atoms with Gasteiger partial charge in [0.2, 0.25) is 17.6 Å². The molecule has 0 aliphatic carbocycles. The Kier molecular flexibility index (Phi) is 6.32. The van der Waals surface area contributed by atoms with E-state index in [1.807, 2.05) is 24.3 Å². The molecule has 0 saturated heterocycles. The lowest BCUT2D eigenvalue weighted by molar-refractivity contribution is -0.116. The maximum Gasteiger partial charge on any atom is 0.226 e. The van der Waals surface area contributed by atoms with E-state index in [1.165, 1.54) is 0 Å². The fourth-order valence-corrected chi connectivity index (χ4v) is 2.87. The summed E-state index contributed by atoms with van der Waals surface area (Å²) in [7, 11) is 1.61. The summed E-state index contributed by atoms with van der Waals surface area (Å²) in [5.41, 5.74) is 1.37. The van der Waals surface area contributed by atoms with Gasteiger partial charge in [-0.1, -0.05) is 28.4 Å². The summed E-state index contributed by atoms with van der Waals surface area (Å²) >= 11 is 11.9. The lowest BCUT2D eigenvalue weighted by Gasteiger charge is -2.06. The van der Waals surface area contributed by atoms with Gasteiger partial charge in [-0.25, -0.2) is 0 Å². The number of hydrogen-bond acceptors (Lipinski definition) is 5. The quantitative estimate of drug-likeness (QED) is 0.597. The first-order chi connectivity index (χ1) is 13.0. The summed E-state index contributed by atoms with van der Waals surface area (Å²) in [5.74, 6) is 1.60. The van der Waals surface area contributed by atoms with E-state index in [9.17, 15) is 4.79 Å². The molecule has 3 rings (SSSR count). The highest BCUT2D eigenvalue weighted by Gasteiger charge is 2.11. The van der Waals surface area contributed by atoms with Crippen molar-refractivity contribution in [2.75, 3.05) is 12.4 Å². The van der Waals surface area contributed by atoms with Crippen molar-refractivity contribution in [3.63, 3.8) is 0 Å². The number of aromatic nitrogens is 2. The van der Waals surface area contributed by atoms with Crippen LogP contribution in [-0.2, 0) is 11.2 Å². The molecule has 0 aliphatic rings. The fourth-order valence-electron chi connectivity index (χ4n) is 2.42. The lowest BCUT2D eigenvalue weighted by Crippen LogP contribution is -2.11. The number of amides is 1. The van der Waals surface area contributed by atoms with Crippen LogP contribution in [0.4, 0.5) is 5.69 Å². The van der Waals surface area contributed by atoms with Gasteiger partial charge in [0, 0.05) is 23.4 Å². The summed E-state index contributed by atoms with van der Waals surface area (Å²) in [6, 6.07) is 12.3. The van der Waals surface area contributed by atoms with Crippen LogP contribution >= 0.6 is 23.2 Å². The van der Waals surface area contributed by atoms with Gasteiger partial charge in [0.25, 0.3) is 0 Å². The molecule has 0 fully saturated rings. The molecule has 0 unspecified atom stereocenters. The van der Waals surface area contributed by atoms with Crippen LogP contribution in [0.5, 0.6) is 5.75 Å². The molecule has 1 amide bonds. The Morgan fingerprint density at radius 3 is 2.67 bits per heavy atom. The van der Waals surface area contributed by atoms with Gasteiger partial charge in [0.15, 0.2) is 0 Å². The Balaban J connectivity index is 1.50. The highest BCUT2D eigenvalue weighted by Crippen LogP contribution is 2.25. The topological polar surface area (TPSA) is 77.2 Å². The van der Waals surface area contributed by atoms with Crippen molar-refractivity contribution >= 4 is 34.8 Å². The van der Waals surface area contributed by atoms with E-state index in [0.29, 0.717) is 46.7 Å². The minimum atomic E-state index is -0.144. The third-order valence-corrected chi connectivity index (χ3v) is 4.36. The number of methoxy groups -OCH3 is 1. The van der Waals surface area contributed by atoms with Crippen molar-refractivity contribution in [1.82, 2.24) is 10.1 Å². The highest BCUT2D eigenvalue weighted by molar-refractivity contribution is 6.36. The fraction of sp³-hybridized carbons (Fsp3) is 0.211. The second-order valence-electron chi connectivity index (χ2n) is 5.77. The largest absolute Gasteiger partial charge is 0.497 e. The van der Waals surface area contributed by atoms with Crippen molar-refractivity contribution < 1.29 is 14.1 Å². The SMILES string of the molecule is COc1ccc(-c2noc(CCCC(=O)Nc3ccc(Cl)cc3Cl)n2)cc1. The average molecular weight is 406 g/mol. The maximum atomic E-state index is 12.0. The number of anilines is 1. The number of nitrogens with one attached hydrogen (secondary N) is 1. The zero-order chi connectivity index (χ0) is 19.2. The van der Waals surface area contributed by atoms with Crippen molar-refractivity contribution in [2.45, 2.75) is 19.3 Å². The Labute approximate surface area is 166 Å². The minimum absolute atomic E-state index is 0.144. The molecule has 140 valence electrons. The number of halogens is 2. The van der Waals surface area contributed by atoms with E-state index >= 15 is 0 Å². The van der Waals surface area contributed by atoms with Crippen LogP contribution in [0.2, 0.25) is 10.0 Å². The van der Waals surface area contributed by atoms with E-state index in [-0.39, 0.29) is 5.91 Å². The average Bonchev–Trinajstić information content (AvgIpc) is 3.13. The highest BCUT2D eigenvalue weighted by atomic mass is 35.5. The molecule has 8 heteroatoms. The molecule has 0 spiro atoms. The van der Waals surface area contributed by atoms with Crippen LogP contribution in [0.15, 0.2) is 47.0 Å². The van der Waals surface area contributed by atoms with Crippen LogP contribution in [-0.4, -0.2) is 23.2 Å². The molecule has 1 heterocycles. The lowest BCUT2D eigenvalue weighted by atomic mass is 10.2. The summed E-state index contributed by atoms with van der Waals surface area (Å²) in [5, 5.41) is 7.64. The van der Waals surface area contributed by atoms with Gasteiger partial charge < -0.3 is 14.6 Å². The zero-order valence-electron chi connectivity index (χ0n) is 14.5. The summed E-state index contributed by atoms with van der Waals surface area (Å²) < 4.78 is 10.4. The molecule has 0 saturated carbocycles. The molecule has 0 atom stereocenters. The van der Waals surface area contributed by atoms with E-state index in [1.54, 1.807) is 25.3 Å². The van der Waals surface area contributed by atoms with Crippen molar-refractivity contribution in [2.24, 2.45) is 0 Å². The predicted molar refractivity (Wildman–Crippen MR) is 104 cm³/mol. The molecule has 6 nitrogen and oxygen atoms in total. The van der Waals surface area contributed by atoms with E-state index in [0.717, 1.165) is 11.3 Å². The Hall–Kier alpha value is -2.57.